The third kappa shape index (κ3) is 3.55. The summed E-state index contributed by atoms with van der Waals surface area (Å²) in [5, 5.41) is 9.81. The summed E-state index contributed by atoms with van der Waals surface area (Å²) in [6.07, 6.45) is 3.05. The Morgan fingerprint density at radius 2 is 1.92 bits per heavy atom. The topological polar surface area (TPSA) is 68.9 Å². The minimum absolute atomic E-state index is 0.132. The fourth-order valence-electron chi connectivity index (χ4n) is 2.76. The van der Waals surface area contributed by atoms with Crippen LogP contribution in [-0.2, 0) is 5.75 Å². The van der Waals surface area contributed by atoms with Crippen LogP contribution in [-0.4, -0.2) is 25.3 Å². The van der Waals surface area contributed by atoms with Gasteiger partial charge in [-0.3, -0.25) is 0 Å². The Morgan fingerprint density at radius 1 is 1.15 bits per heavy atom. The third-order valence-electron chi connectivity index (χ3n) is 3.91. The number of thioether (sulfide) groups is 1. The van der Waals surface area contributed by atoms with Crippen LogP contribution < -0.4 is 9.47 Å². The van der Waals surface area contributed by atoms with Crippen molar-refractivity contribution in [1.82, 2.24) is 0 Å². The van der Waals surface area contributed by atoms with Crippen LogP contribution in [0.5, 0.6) is 11.5 Å². The maximum atomic E-state index is 12.0. The van der Waals surface area contributed by atoms with Gasteiger partial charge in [0.15, 0.2) is 0 Å². The Hall–Kier alpha value is -2.86. The van der Waals surface area contributed by atoms with E-state index in [-0.39, 0.29) is 11.3 Å². The molecule has 0 amide bonds. The maximum absolute atomic E-state index is 12.0. The van der Waals surface area contributed by atoms with E-state index in [4.69, 9.17) is 13.9 Å². The smallest absolute Gasteiger partial charge is 0.339 e. The lowest BCUT2D eigenvalue weighted by Gasteiger charge is -2.18. The average molecular weight is 370 g/mol. The maximum Gasteiger partial charge on any atom is 0.339 e. The number of furan rings is 1. The van der Waals surface area contributed by atoms with Gasteiger partial charge in [0, 0.05) is 16.2 Å². The molecule has 0 aliphatic carbocycles. The van der Waals surface area contributed by atoms with Crippen LogP contribution in [0.25, 0.3) is 11.1 Å². The summed E-state index contributed by atoms with van der Waals surface area (Å²) in [6.45, 7) is 0. The van der Waals surface area contributed by atoms with E-state index in [9.17, 15) is 9.90 Å². The summed E-state index contributed by atoms with van der Waals surface area (Å²) in [6, 6.07) is 13.3. The van der Waals surface area contributed by atoms with E-state index in [0.717, 1.165) is 4.90 Å². The van der Waals surface area contributed by atoms with Gasteiger partial charge in [-0.25, -0.2) is 4.79 Å². The summed E-state index contributed by atoms with van der Waals surface area (Å²) >= 11 is 1.55. The first-order valence-corrected chi connectivity index (χ1v) is 8.85. The molecule has 134 valence electrons. The second-order valence-electron chi connectivity index (χ2n) is 5.44. The Labute approximate surface area is 155 Å². The molecule has 3 aromatic rings. The Kier molecular flexibility index (Phi) is 5.53. The molecule has 0 saturated heterocycles. The van der Waals surface area contributed by atoms with Crippen molar-refractivity contribution in [3.63, 3.8) is 0 Å². The van der Waals surface area contributed by atoms with Crippen LogP contribution in [0.4, 0.5) is 0 Å². The SMILES string of the molecule is COc1cc(CSc2ccccc2)c(C(=O)O)c(OC)c1-c1ccoc1. The van der Waals surface area contributed by atoms with E-state index in [2.05, 4.69) is 0 Å². The van der Waals surface area contributed by atoms with Crippen molar-refractivity contribution in [1.29, 1.82) is 0 Å². The molecule has 0 atom stereocenters. The van der Waals surface area contributed by atoms with E-state index >= 15 is 0 Å². The van der Waals surface area contributed by atoms with E-state index < -0.39 is 5.97 Å². The van der Waals surface area contributed by atoms with Gasteiger partial charge in [-0.1, -0.05) is 18.2 Å². The van der Waals surface area contributed by atoms with Crippen LogP contribution >= 0.6 is 11.8 Å². The summed E-state index contributed by atoms with van der Waals surface area (Å²) in [5.74, 6) is 0.237. The number of carbonyl (C=O) groups is 1. The highest BCUT2D eigenvalue weighted by molar-refractivity contribution is 7.98. The van der Waals surface area contributed by atoms with Crippen LogP contribution in [0.1, 0.15) is 15.9 Å². The summed E-state index contributed by atoms with van der Waals surface area (Å²) in [5.41, 5.74) is 2.03. The lowest BCUT2D eigenvalue weighted by Crippen LogP contribution is -2.08. The lowest BCUT2D eigenvalue weighted by molar-refractivity contribution is 0.0692. The number of carboxylic acid groups (broad SMARTS) is 1. The zero-order chi connectivity index (χ0) is 18.5. The van der Waals surface area contributed by atoms with E-state index in [0.29, 0.717) is 28.2 Å². The van der Waals surface area contributed by atoms with Crippen molar-refractivity contribution in [2.24, 2.45) is 0 Å². The van der Waals surface area contributed by atoms with Crippen LogP contribution in [0.3, 0.4) is 0 Å². The Bertz CT molecular complexity index is 888. The quantitative estimate of drug-likeness (QED) is 0.593. The molecular formula is C20H18O5S. The average Bonchev–Trinajstić information content (AvgIpc) is 3.19. The minimum Gasteiger partial charge on any atom is -0.496 e. The molecule has 0 unspecified atom stereocenters. The molecule has 26 heavy (non-hydrogen) atoms. The Morgan fingerprint density at radius 3 is 2.50 bits per heavy atom. The molecule has 0 fully saturated rings. The van der Waals surface area contributed by atoms with Gasteiger partial charge in [0.05, 0.1) is 32.3 Å². The summed E-state index contributed by atoms with van der Waals surface area (Å²) in [4.78, 5) is 13.0. The molecule has 0 saturated carbocycles. The first kappa shape index (κ1) is 17.9. The van der Waals surface area contributed by atoms with Crippen LogP contribution in [0, 0.1) is 0 Å². The molecule has 1 heterocycles. The van der Waals surface area contributed by atoms with Crippen LogP contribution in [0.15, 0.2) is 64.3 Å². The molecule has 0 aliphatic rings. The van der Waals surface area contributed by atoms with E-state index in [1.54, 1.807) is 31.0 Å². The largest absolute Gasteiger partial charge is 0.496 e. The van der Waals surface area contributed by atoms with Crippen molar-refractivity contribution >= 4 is 17.7 Å². The predicted molar refractivity (Wildman–Crippen MR) is 100 cm³/mol. The van der Waals surface area contributed by atoms with Gasteiger partial charge in [-0.2, -0.15) is 0 Å². The first-order valence-electron chi connectivity index (χ1n) is 7.87. The van der Waals surface area contributed by atoms with E-state index in [1.165, 1.54) is 19.6 Å². The molecular weight excluding hydrogens is 352 g/mol. The first-order chi connectivity index (χ1) is 12.7. The standard InChI is InChI=1S/C20H18O5S/c1-23-16-10-14(12-26-15-6-4-3-5-7-15)18(20(21)22)19(24-2)17(16)13-8-9-25-11-13/h3-11H,12H2,1-2H3,(H,21,22). The number of hydrogen-bond acceptors (Lipinski definition) is 5. The van der Waals surface area contributed by atoms with Gasteiger partial charge in [0.2, 0.25) is 0 Å². The highest BCUT2D eigenvalue weighted by Crippen LogP contribution is 2.44. The van der Waals surface area contributed by atoms with Gasteiger partial charge in [-0.05, 0) is 29.8 Å². The molecule has 0 aliphatic heterocycles. The van der Waals surface area contributed by atoms with Crippen molar-refractivity contribution in [3.05, 3.63) is 66.1 Å². The third-order valence-corrected chi connectivity index (χ3v) is 4.97. The minimum atomic E-state index is -1.04. The zero-order valence-corrected chi connectivity index (χ0v) is 15.2. The monoisotopic (exact) mass is 370 g/mol. The van der Waals surface area contributed by atoms with Gasteiger partial charge in [-0.15, -0.1) is 11.8 Å². The molecule has 3 rings (SSSR count). The van der Waals surface area contributed by atoms with Gasteiger partial charge < -0.3 is 19.0 Å². The second-order valence-corrected chi connectivity index (χ2v) is 6.49. The molecule has 2 aromatic carbocycles. The van der Waals surface area contributed by atoms with Gasteiger partial charge in [0.1, 0.15) is 17.1 Å². The van der Waals surface area contributed by atoms with Crippen LogP contribution in [0.2, 0.25) is 0 Å². The van der Waals surface area contributed by atoms with Gasteiger partial charge in [0.25, 0.3) is 0 Å². The number of rotatable bonds is 7. The van der Waals surface area contributed by atoms with E-state index in [1.807, 2.05) is 30.3 Å². The van der Waals surface area contributed by atoms with Crippen molar-refractivity contribution in [3.8, 4) is 22.6 Å². The second kappa shape index (κ2) is 8.01. The predicted octanol–water partition coefficient (Wildman–Crippen LogP) is 4.95. The number of ether oxygens (including phenoxy) is 2. The molecule has 1 aromatic heterocycles. The highest BCUT2D eigenvalue weighted by atomic mass is 32.2. The number of aromatic carboxylic acids is 1. The molecule has 0 spiro atoms. The zero-order valence-electron chi connectivity index (χ0n) is 14.4. The Balaban J connectivity index is 2.10. The molecule has 5 nitrogen and oxygen atoms in total. The number of methoxy groups -OCH3 is 2. The fraction of sp³-hybridized carbons (Fsp3) is 0.150. The number of hydrogen-bond donors (Lipinski definition) is 1. The normalized spacial score (nSPS) is 10.5. The fourth-order valence-corrected chi connectivity index (χ4v) is 3.66. The van der Waals surface area contributed by atoms with Crippen molar-refractivity contribution in [2.75, 3.05) is 14.2 Å². The number of carboxylic acids is 1. The summed E-state index contributed by atoms with van der Waals surface area (Å²) in [7, 11) is 3.01. The summed E-state index contributed by atoms with van der Waals surface area (Å²) < 4.78 is 16.1. The van der Waals surface area contributed by atoms with Gasteiger partial charge >= 0.3 is 5.97 Å². The molecule has 6 heteroatoms. The number of benzene rings is 2. The highest BCUT2D eigenvalue weighted by Gasteiger charge is 2.25. The lowest BCUT2D eigenvalue weighted by atomic mass is 9.98. The molecule has 1 N–H and O–H groups in total. The molecule has 0 bridgehead atoms. The van der Waals surface area contributed by atoms with Crippen molar-refractivity contribution < 1.29 is 23.8 Å². The van der Waals surface area contributed by atoms with Crippen molar-refractivity contribution in [2.45, 2.75) is 10.6 Å². The molecule has 0 radical (unpaired) electrons.